The third kappa shape index (κ3) is 4.17. The van der Waals surface area contributed by atoms with E-state index in [-0.39, 0.29) is 27.5 Å². The molecule has 0 radical (unpaired) electrons. The van der Waals surface area contributed by atoms with E-state index in [1.54, 1.807) is 12.1 Å². The first kappa shape index (κ1) is 20.7. The van der Waals surface area contributed by atoms with Gasteiger partial charge in [0.15, 0.2) is 5.69 Å². The molecule has 0 aliphatic carbocycles. The van der Waals surface area contributed by atoms with Crippen LogP contribution in [0.3, 0.4) is 0 Å². The van der Waals surface area contributed by atoms with E-state index in [1.165, 1.54) is 48.7 Å². The number of alkyl halides is 3. The van der Waals surface area contributed by atoms with Crippen LogP contribution < -0.4 is 4.83 Å². The molecule has 0 saturated heterocycles. The van der Waals surface area contributed by atoms with E-state index < -0.39 is 27.7 Å². The second kappa shape index (κ2) is 7.58. The molecule has 0 fully saturated rings. The van der Waals surface area contributed by atoms with Gasteiger partial charge in [0, 0.05) is 5.56 Å². The van der Waals surface area contributed by atoms with Crippen molar-refractivity contribution in [3.05, 3.63) is 84.5 Å². The van der Waals surface area contributed by atoms with E-state index in [4.69, 9.17) is 4.42 Å². The van der Waals surface area contributed by atoms with E-state index in [0.29, 0.717) is 10.9 Å². The molecule has 0 unspecified atom stereocenters. The van der Waals surface area contributed by atoms with Crippen LogP contribution in [0.25, 0.3) is 22.6 Å². The van der Waals surface area contributed by atoms with Crippen molar-refractivity contribution in [3.63, 3.8) is 0 Å². The topological polar surface area (TPSA) is 77.1 Å². The number of hydrogen-bond acceptors (Lipinski definition) is 4. The number of furan rings is 1. The Labute approximate surface area is 173 Å². The summed E-state index contributed by atoms with van der Waals surface area (Å²) in [5.74, 6) is -0.530. The molecule has 2 heterocycles. The lowest BCUT2D eigenvalue weighted by molar-refractivity contribution is -0.141. The fraction of sp³-hybridized carbons (Fsp3) is 0.0500. The van der Waals surface area contributed by atoms with Gasteiger partial charge in [0.1, 0.15) is 11.6 Å². The van der Waals surface area contributed by atoms with Crippen LogP contribution in [0.1, 0.15) is 5.69 Å². The van der Waals surface area contributed by atoms with Crippen molar-refractivity contribution in [2.75, 3.05) is 4.83 Å². The number of aromatic nitrogens is 2. The van der Waals surface area contributed by atoms with Crippen LogP contribution in [0.2, 0.25) is 0 Å². The highest BCUT2D eigenvalue weighted by Crippen LogP contribution is 2.33. The number of benzene rings is 2. The molecule has 0 atom stereocenters. The van der Waals surface area contributed by atoms with Crippen molar-refractivity contribution >= 4 is 10.0 Å². The van der Waals surface area contributed by atoms with E-state index in [2.05, 4.69) is 5.10 Å². The minimum atomic E-state index is -4.84. The molecular weight excluding hydrogens is 438 g/mol. The van der Waals surface area contributed by atoms with Crippen LogP contribution in [-0.4, -0.2) is 18.3 Å². The molecule has 4 rings (SSSR count). The van der Waals surface area contributed by atoms with Gasteiger partial charge in [-0.3, -0.25) is 0 Å². The number of nitrogens with one attached hydrogen (secondary N) is 1. The van der Waals surface area contributed by atoms with Crippen molar-refractivity contribution in [2.24, 2.45) is 0 Å². The molecule has 2 aromatic carbocycles. The molecule has 11 heteroatoms. The summed E-state index contributed by atoms with van der Waals surface area (Å²) in [6.07, 6.45) is -3.49. The number of rotatable bonds is 5. The lowest BCUT2D eigenvalue weighted by Gasteiger charge is -2.12. The van der Waals surface area contributed by atoms with Gasteiger partial charge in [-0.1, -0.05) is 24.3 Å². The predicted molar refractivity (Wildman–Crippen MR) is 103 cm³/mol. The highest BCUT2D eigenvalue weighted by molar-refractivity contribution is 7.92. The lowest BCUT2D eigenvalue weighted by Crippen LogP contribution is -2.25. The van der Waals surface area contributed by atoms with E-state index >= 15 is 0 Å². The maximum Gasteiger partial charge on any atom is 0.435 e. The highest BCUT2D eigenvalue weighted by atomic mass is 32.2. The van der Waals surface area contributed by atoms with Gasteiger partial charge < -0.3 is 4.42 Å². The SMILES string of the molecule is O=S(=O)(Nn1nc(C(F)(F)F)cc1-c1ccc(-c2ccco2)c(F)c1)c1ccccc1. The zero-order valence-electron chi connectivity index (χ0n) is 15.5. The zero-order valence-corrected chi connectivity index (χ0v) is 16.3. The number of sulfonamides is 1. The summed E-state index contributed by atoms with van der Waals surface area (Å²) in [6, 6.07) is 14.4. The Morgan fingerprint density at radius 2 is 1.71 bits per heavy atom. The van der Waals surface area contributed by atoms with E-state index in [1.807, 2.05) is 4.83 Å². The average Bonchev–Trinajstić information content (AvgIpc) is 3.38. The van der Waals surface area contributed by atoms with Gasteiger partial charge in [0.25, 0.3) is 10.0 Å². The molecule has 1 N–H and O–H groups in total. The van der Waals surface area contributed by atoms with Gasteiger partial charge in [0.05, 0.1) is 22.4 Å². The normalized spacial score (nSPS) is 12.1. The Morgan fingerprint density at radius 3 is 2.32 bits per heavy atom. The summed E-state index contributed by atoms with van der Waals surface area (Å²) in [7, 11) is -4.26. The second-order valence-electron chi connectivity index (χ2n) is 6.40. The fourth-order valence-corrected chi connectivity index (χ4v) is 3.85. The largest absolute Gasteiger partial charge is 0.464 e. The fourth-order valence-electron chi connectivity index (χ4n) is 2.87. The number of halogens is 4. The molecule has 2 aromatic heterocycles. The van der Waals surface area contributed by atoms with Gasteiger partial charge in [-0.05, 0) is 42.5 Å². The van der Waals surface area contributed by atoms with Crippen molar-refractivity contribution < 1.29 is 30.4 Å². The van der Waals surface area contributed by atoms with Crippen molar-refractivity contribution in [1.82, 2.24) is 9.89 Å². The molecule has 0 aliphatic rings. The van der Waals surface area contributed by atoms with Crippen LogP contribution >= 0.6 is 0 Å². The Morgan fingerprint density at radius 1 is 0.968 bits per heavy atom. The summed E-state index contributed by atoms with van der Waals surface area (Å²) < 4.78 is 84.6. The van der Waals surface area contributed by atoms with Crippen molar-refractivity contribution in [1.29, 1.82) is 0 Å². The molecule has 160 valence electrons. The number of nitrogens with zero attached hydrogens (tertiary/aromatic N) is 2. The third-order valence-electron chi connectivity index (χ3n) is 4.31. The van der Waals surface area contributed by atoms with E-state index in [0.717, 1.165) is 6.07 Å². The minimum absolute atomic E-state index is 0.0217. The average molecular weight is 451 g/mol. The maximum atomic E-state index is 14.6. The van der Waals surface area contributed by atoms with Crippen LogP contribution in [0.4, 0.5) is 17.6 Å². The molecule has 0 amide bonds. The van der Waals surface area contributed by atoms with Gasteiger partial charge in [0.2, 0.25) is 0 Å². The minimum Gasteiger partial charge on any atom is -0.464 e. The molecular formula is C20H13F4N3O3S. The summed E-state index contributed by atoms with van der Waals surface area (Å²) in [6.45, 7) is 0. The van der Waals surface area contributed by atoms with Crippen LogP contribution in [-0.2, 0) is 16.2 Å². The first-order chi connectivity index (χ1) is 14.6. The highest BCUT2D eigenvalue weighted by Gasteiger charge is 2.36. The van der Waals surface area contributed by atoms with Gasteiger partial charge in [-0.15, -0.1) is 5.10 Å². The molecule has 0 spiro atoms. The summed E-state index contributed by atoms with van der Waals surface area (Å²) >= 11 is 0. The molecule has 0 bridgehead atoms. The first-order valence-corrected chi connectivity index (χ1v) is 10.2. The molecule has 0 aliphatic heterocycles. The Kier molecular flexibility index (Phi) is 5.05. The standard InChI is InChI=1S/C20H13F4N3O3S/c21-16-11-13(8-9-15(16)18-7-4-10-30-18)17-12-19(20(22,23)24)25-27(17)26-31(28,29)14-5-2-1-3-6-14/h1-12,26H. The Bertz CT molecular complexity index is 1320. The van der Waals surface area contributed by atoms with Crippen LogP contribution in [0.15, 0.2) is 82.3 Å². The van der Waals surface area contributed by atoms with Gasteiger partial charge in [-0.25, -0.2) is 4.39 Å². The zero-order chi connectivity index (χ0) is 22.2. The molecule has 6 nitrogen and oxygen atoms in total. The smallest absolute Gasteiger partial charge is 0.435 e. The summed E-state index contributed by atoms with van der Waals surface area (Å²) in [4.78, 5) is 2.28. The lowest BCUT2D eigenvalue weighted by atomic mass is 10.1. The first-order valence-electron chi connectivity index (χ1n) is 8.74. The van der Waals surface area contributed by atoms with Gasteiger partial charge >= 0.3 is 6.18 Å². The summed E-state index contributed by atoms with van der Waals surface area (Å²) in [5, 5.41) is 3.33. The molecule has 4 aromatic rings. The monoisotopic (exact) mass is 451 g/mol. The van der Waals surface area contributed by atoms with Gasteiger partial charge in [-0.2, -0.15) is 31.2 Å². The van der Waals surface area contributed by atoms with E-state index in [9.17, 15) is 26.0 Å². The van der Waals surface area contributed by atoms with Crippen LogP contribution in [0, 0.1) is 5.82 Å². The summed E-state index contributed by atoms with van der Waals surface area (Å²) in [5.41, 5.74) is -1.56. The van der Waals surface area contributed by atoms with Crippen LogP contribution in [0.5, 0.6) is 0 Å². The second-order valence-corrected chi connectivity index (χ2v) is 8.06. The molecule has 31 heavy (non-hydrogen) atoms. The van der Waals surface area contributed by atoms with Crippen molar-refractivity contribution in [3.8, 4) is 22.6 Å². The molecule has 0 saturated carbocycles. The maximum absolute atomic E-state index is 14.6. The Balaban J connectivity index is 1.79. The van der Waals surface area contributed by atoms with Crippen molar-refractivity contribution in [2.45, 2.75) is 11.1 Å². The number of hydrogen-bond donors (Lipinski definition) is 1. The quantitative estimate of drug-likeness (QED) is 0.438. The Hall–Kier alpha value is -3.60. The predicted octanol–water partition coefficient (Wildman–Crippen LogP) is 4.90. The third-order valence-corrected chi connectivity index (χ3v) is 5.62.